The summed E-state index contributed by atoms with van der Waals surface area (Å²) in [6.07, 6.45) is 1.27. The van der Waals surface area contributed by atoms with Crippen molar-refractivity contribution in [3.8, 4) is 11.6 Å². The Bertz CT molecular complexity index is 768. The maximum Gasteiger partial charge on any atom is 0.409 e. The molecule has 27 heavy (non-hydrogen) atoms. The largest absolute Gasteiger partial charge is 0.461 e. The van der Waals surface area contributed by atoms with Crippen LogP contribution in [0.25, 0.3) is 11.6 Å². The fraction of sp³-hybridized carbons (Fsp3) is 0.529. The molecule has 2 aromatic heterocycles. The summed E-state index contributed by atoms with van der Waals surface area (Å²) in [5.41, 5.74) is 0. The molecule has 1 aliphatic rings. The molecule has 0 radical (unpaired) electrons. The molecule has 2 aromatic rings. The van der Waals surface area contributed by atoms with E-state index in [1.165, 1.54) is 11.8 Å². The van der Waals surface area contributed by atoms with Gasteiger partial charge in [-0.1, -0.05) is 11.8 Å². The van der Waals surface area contributed by atoms with Crippen molar-refractivity contribution < 1.29 is 18.7 Å². The first-order chi connectivity index (χ1) is 13.1. The summed E-state index contributed by atoms with van der Waals surface area (Å²) in [7, 11) is 0. The number of carbonyl (C=O) groups excluding carboxylic acids is 2. The molecule has 146 valence electrons. The summed E-state index contributed by atoms with van der Waals surface area (Å²) < 4.78 is 12.3. The summed E-state index contributed by atoms with van der Waals surface area (Å²) in [5, 5.41) is 9.06. The average Bonchev–Trinajstić information content (AvgIpc) is 3.35. The molecule has 10 heteroatoms. The van der Waals surface area contributed by atoms with E-state index in [-0.39, 0.29) is 17.8 Å². The van der Waals surface area contributed by atoms with E-state index >= 15 is 0 Å². The Morgan fingerprint density at radius 3 is 2.56 bits per heavy atom. The fourth-order valence-electron chi connectivity index (χ4n) is 2.84. The monoisotopic (exact) mass is 393 g/mol. The van der Waals surface area contributed by atoms with Crippen LogP contribution in [0.4, 0.5) is 4.79 Å². The maximum absolute atomic E-state index is 12.5. The van der Waals surface area contributed by atoms with Gasteiger partial charge in [-0.15, -0.1) is 10.2 Å². The van der Waals surface area contributed by atoms with Crippen LogP contribution in [0.3, 0.4) is 0 Å². The zero-order chi connectivity index (χ0) is 19.2. The minimum atomic E-state index is -0.319. The molecule has 0 atom stereocenters. The molecule has 3 rings (SSSR count). The third-order valence-electron chi connectivity index (χ3n) is 4.26. The number of thioether (sulfide) groups is 1. The highest BCUT2D eigenvalue weighted by atomic mass is 32.2. The molecule has 1 fully saturated rings. The Morgan fingerprint density at radius 1 is 1.19 bits per heavy atom. The number of rotatable bonds is 6. The fourth-order valence-corrected chi connectivity index (χ4v) is 3.74. The Hall–Kier alpha value is -2.49. The topological polar surface area (TPSA) is 93.7 Å². The van der Waals surface area contributed by atoms with Crippen molar-refractivity contribution in [2.45, 2.75) is 25.5 Å². The lowest BCUT2D eigenvalue weighted by molar-refractivity contribution is -0.129. The van der Waals surface area contributed by atoms with Crippen LogP contribution in [0.1, 0.15) is 13.8 Å². The van der Waals surface area contributed by atoms with E-state index in [2.05, 4.69) is 10.2 Å². The molecule has 1 saturated heterocycles. The molecule has 0 N–H and O–H groups in total. The van der Waals surface area contributed by atoms with Crippen LogP contribution in [-0.4, -0.2) is 75.1 Å². The van der Waals surface area contributed by atoms with Crippen molar-refractivity contribution in [2.75, 3.05) is 38.5 Å². The first-order valence-corrected chi connectivity index (χ1v) is 9.92. The lowest BCUT2D eigenvalue weighted by Gasteiger charge is -2.34. The third kappa shape index (κ3) is 4.44. The van der Waals surface area contributed by atoms with Gasteiger partial charge in [-0.25, -0.2) is 4.79 Å². The van der Waals surface area contributed by atoms with Gasteiger partial charge in [-0.2, -0.15) is 0 Å². The van der Waals surface area contributed by atoms with Gasteiger partial charge in [0, 0.05) is 32.7 Å². The van der Waals surface area contributed by atoms with Gasteiger partial charge in [-0.3, -0.25) is 9.36 Å². The number of aromatic nitrogens is 3. The Balaban J connectivity index is 1.54. The predicted octanol–water partition coefficient (Wildman–Crippen LogP) is 1.95. The highest BCUT2D eigenvalue weighted by Crippen LogP contribution is 2.24. The molecule has 2 amide bonds. The van der Waals surface area contributed by atoms with Crippen molar-refractivity contribution in [2.24, 2.45) is 0 Å². The molecular weight excluding hydrogens is 370 g/mol. The molecule has 0 saturated carbocycles. The van der Waals surface area contributed by atoms with E-state index in [0.29, 0.717) is 56.1 Å². The van der Waals surface area contributed by atoms with E-state index in [0.717, 1.165) is 0 Å². The first kappa shape index (κ1) is 19.3. The number of nitrogens with zero attached hydrogens (tertiary/aromatic N) is 5. The standard InChI is InChI=1S/C17H23N5O4S/c1-3-22-15(13-6-5-11-26-13)18-19-16(22)27-12-14(23)20-7-9-21(10-8-20)17(24)25-4-2/h5-6,11H,3-4,7-10,12H2,1-2H3. The Kier molecular flexibility index (Phi) is 6.38. The van der Waals surface area contributed by atoms with E-state index in [4.69, 9.17) is 9.15 Å². The molecule has 0 unspecified atom stereocenters. The van der Waals surface area contributed by atoms with Gasteiger partial charge in [0.05, 0.1) is 18.6 Å². The van der Waals surface area contributed by atoms with Gasteiger partial charge in [0.1, 0.15) is 0 Å². The SMILES string of the molecule is CCOC(=O)N1CCN(C(=O)CSc2nnc(-c3ccco3)n2CC)CC1. The van der Waals surface area contributed by atoms with Crippen LogP contribution in [0.15, 0.2) is 28.0 Å². The van der Waals surface area contributed by atoms with Gasteiger partial charge >= 0.3 is 6.09 Å². The molecule has 0 aliphatic carbocycles. The minimum absolute atomic E-state index is 0.0220. The van der Waals surface area contributed by atoms with Crippen molar-refractivity contribution in [1.29, 1.82) is 0 Å². The van der Waals surface area contributed by atoms with Gasteiger partial charge < -0.3 is 19.0 Å². The molecule has 1 aliphatic heterocycles. The van der Waals surface area contributed by atoms with Gasteiger partial charge in [0.2, 0.25) is 5.91 Å². The second-order valence-electron chi connectivity index (χ2n) is 5.88. The van der Waals surface area contributed by atoms with Crippen molar-refractivity contribution >= 4 is 23.8 Å². The highest BCUT2D eigenvalue weighted by Gasteiger charge is 2.25. The molecule has 0 spiro atoms. The summed E-state index contributed by atoms with van der Waals surface area (Å²) in [4.78, 5) is 27.6. The maximum atomic E-state index is 12.5. The van der Waals surface area contributed by atoms with Gasteiger partial charge in [0.25, 0.3) is 0 Å². The van der Waals surface area contributed by atoms with E-state index in [1.54, 1.807) is 29.1 Å². The summed E-state index contributed by atoms with van der Waals surface area (Å²) in [6.45, 7) is 6.81. The van der Waals surface area contributed by atoms with Crippen LogP contribution < -0.4 is 0 Å². The molecule has 0 aromatic carbocycles. The van der Waals surface area contributed by atoms with Gasteiger partial charge in [-0.05, 0) is 26.0 Å². The van der Waals surface area contributed by atoms with E-state index in [1.807, 2.05) is 17.6 Å². The second-order valence-corrected chi connectivity index (χ2v) is 6.83. The van der Waals surface area contributed by atoms with E-state index < -0.39 is 0 Å². The summed E-state index contributed by atoms with van der Waals surface area (Å²) in [5.74, 6) is 1.60. The number of piperazine rings is 1. The number of ether oxygens (including phenoxy) is 1. The number of hydrogen-bond acceptors (Lipinski definition) is 7. The van der Waals surface area contributed by atoms with E-state index in [9.17, 15) is 9.59 Å². The van der Waals surface area contributed by atoms with Crippen LogP contribution in [0.5, 0.6) is 0 Å². The Labute approximate surface area is 161 Å². The zero-order valence-electron chi connectivity index (χ0n) is 15.5. The predicted molar refractivity (Wildman–Crippen MR) is 99.3 cm³/mol. The Morgan fingerprint density at radius 2 is 1.93 bits per heavy atom. The third-order valence-corrected chi connectivity index (χ3v) is 5.21. The minimum Gasteiger partial charge on any atom is -0.461 e. The number of furan rings is 1. The van der Waals surface area contributed by atoms with Crippen LogP contribution >= 0.6 is 11.8 Å². The second kappa shape index (κ2) is 8.94. The van der Waals surface area contributed by atoms with Crippen molar-refractivity contribution in [1.82, 2.24) is 24.6 Å². The van der Waals surface area contributed by atoms with Crippen LogP contribution in [0.2, 0.25) is 0 Å². The molecule has 0 bridgehead atoms. The number of hydrogen-bond donors (Lipinski definition) is 0. The van der Waals surface area contributed by atoms with Crippen molar-refractivity contribution in [3.63, 3.8) is 0 Å². The average molecular weight is 393 g/mol. The lowest BCUT2D eigenvalue weighted by atomic mass is 10.3. The van der Waals surface area contributed by atoms with Crippen molar-refractivity contribution in [3.05, 3.63) is 18.4 Å². The lowest BCUT2D eigenvalue weighted by Crippen LogP contribution is -2.51. The quantitative estimate of drug-likeness (QED) is 0.693. The molecular formula is C17H23N5O4S. The van der Waals surface area contributed by atoms with Gasteiger partial charge in [0.15, 0.2) is 16.7 Å². The number of amides is 2. The summed E-state index contributed by atoms with van der Waals surface area (Å²) in [6, 6.07) is 3.63. The highest BCUT2D eigenvalue weighted by molar-refractivity contribution is 7.99. The normalized spacial score (nSPS) is 14.4. The summed E-state index contributed by atoms with van der Waals surface area (Å²) >= 11 is 1.36. The first-order valence-electron chi connectivity index (χ1n) is 8.93. The van der Waals surface area contributed by atoms with Crippen LogP contribution in [0, 0.1) is 0 Å². The molecule has 3 heterocycles. The van der Waals surface area contributed by atoms with Crippen LogP contribution in [-0.2, 0) is 16.1 Å². The zero-order valence-corrected chi connectivity index (χ0v) is 16.3. The number of carbonyl (C=O) groups is 2. The smallest absolute Gasteiger partial charge is 0.409 e. The molecule has 9 nitrogen and oxygen atoms in total.